The largest absolute Gasteiger partial charge is 0.493 e. The summed E-state index contributed by atoms with van der Waals surface area (Å²) < 4.78 is 22.0. The van der Waals surface area contributed by atoms with Crippen molar-refractivity contribution in [2.75, 3.05) is 34.9 Å². The Morgan fingerprint density at radius 2 is 1.71 bits per heavy atom. The first-order valence-electron chi connectivity index (χ1n) is 9.51. The summed E-state index contributed by atoms with van der Waals surface area (Å²) in [5.41, 5.74) is -0.106. The third-order valence-electron chi connectivity index (χ3n) is 6.33. The van der Waals surface area contributed by atoms with Gasteiger partial charge in [0.15, 0.2) is 11.5 Å². The van der Waals surface area contributed by atoms with Gasteiger partial charge < -0.3 is 28.7 Å². The predicted octanol–water partition coefficient (Wildman–Crippen LogP) is 2.30. The van der Waals surface area contributed by atoms with Crippen LogP contribution in [-0.4, -0.2) is 74.4 Å². The molecule has 0 N–H and O–H groups in total. The zero-order valence-corrected chi connectivity index (χ0v) is 16.7. The van der Waals surface area contributed by atoms with Gasteiger partial charge in [-0.2, -0.15) is 0 Å². The van der Waals surface area contributed by atoms with Gasteiger partial charge in [0.1, 0.15) is 5.60 Å². The number of hydrogen-bond acceptors (Lipinski definition) is 6. The van der Waals surface area contributed by atoms with Crippen molar-refractivity contribution in [2.24, 2.45) is 0 Å². The molecule has 5 rings (SSSR count). The van der Waals surface area contributed by atoms with Gasteiger partial charge >= 0.3 is 6.09 Å². The maximum atomic E-state index is 13.6. The number of carbonyl (C=O) groups excluding carboxylic acids is 2. The molecule has 0 radical (unpaired) electrons. The average Bonchev–Trinajstić information content (AvgIpc) is 2.72. The fraction of sp³-hybridized carbons (Fsp3) is 0.600. The summed E-state index contributed by atoms with van der Waals surface area (Å²) in [6, 6.07) is 3.34. The van der Waals surface area contributed by atoms with E-state index in [2.05, 4.69) is 0 Å². The highest BCUT2D eigenvalue weighted by atomic mass is 16.6. The Hall–Kier alpha value is -2.64. The van der Waals surface area contributed by atoms with E-state index in [-0.39, 0.29) is 24.1 Å². The number of likely N-dealkylation sites (N-methyl/N-ethyl adjacent to an activating group) is 1. The SMILES string of the molecule is COc1cc(C(=O)N2C3CCC4(CC3)OC(=O)N(C)CC24)cc(OC)c1OC. The quantitative estimate of drug-likeness (QED) is 0.785. The van der Waals surface area contributed by atoms with Gasteiger partial charge in [0.2, 0.25) is 5.75 Å². The second kappa shape index (κ2) is 6.76. The highest BCUT2D eigenvalue weighted by Gasteiger charge is 2.59. The normalized spacial score (nSPS) is 28.5. The smallest absolute Gasteiger partial charge is 0.410 e. The Morgan fingerprint density at radius 1 is 1.11 bits per heavy atom. The molecule has 8 heteroatoms. The number of methoxy groups -OCH3 is 3. The Bertz CT molecular complexity index is 777. The Labute approximate surface area is 164 Å². The lowest BCUT2D eigenvalue weighted by Gasteiger charge is -2.60. The predicted molar refractivity (Wildman–Crippen MR) is 100 cm³/mol. The number of carbonyl (C=O) groups is 2. The first kappa shape index (κ1) is 18.7. The van der Waals surface area contributed by atoms with Crippen LogP contribution in [0.15, 0.2) is 12.1 Å². The zero-order chi connectivity index (χ0) is 20.1. The summed E-state index contributed by atoms with van der Waals surface area (Å²) in [6.07, 6.45) is 2.98. The Morgan fingerprint density at radius 3 is 2.25 bits per heavy atom. The van der Waals surface area contributed by atoms with Crippen molar-refractivity contribution in [3.8, 4) is 17.2 Å². The first-order chi connectivity index (χ1) is 13.4. The van der Waals surface area contributed by atoms with Gasteiger partial charge in [-0.1, -0.05) is 0 Å². The van der Waals surface area contributed by atoms with E-state index in [1.807, 2.05) is 4.90 Å². The van der Waals surface area contributed by atoms with Gasteiger partial charge in [-0.3, -0.25) is 4.79 Å². The number of ether oxygens (including phenoxy) is 4. The summed E-state index contributed by atoms with van der Waals surface area (Å²) in [4.78, 5) is 29.2. The highest BCUT2D eigenvalue weighted by Crippen LogP contribution is 2.48. The van der Waals surface area contributed by atoms with E-state index in [4.69, 9.17) is 18.9 Å². The van der Waals surface area contributed by atoms with Crippen LogP contribution in [0.2, 0.25) is 0 Å². The molecular formula is C20H26N2O6. The third kappa shape index (κ3) is 2.65. The van der Waals surface area contributed by atoms with Gasteiger partial charge in [0.25, 0.3) is 5.91 Å². The molecule has 2 amide bonds. The standard InChI is InChI=1S/C20H26N2O6/c1-21-11-16-20(28-19(21)24)7-5-13(6-8-20)22(16)18(23)12-9-14(25-2)17(27-4)15(10-12)26-3/h9-10,13,16H,5-8,11H2,1-4H3. The van der Waals surface area contributed by atoms with Crippen molar-refractivity contribution in [1.29, 1.82) is 0 Å². The zero-order valence-electron chi connectivity index (χ0n) is 16.7. The number of fused-ring (bicyclic) bond motifs is 2. The number of nitrogens with zero attached hydrogens (tertiary/aromatic N) is 2. The number of piperidine rings is 2. The molecule has 2 bridgehead atoms. The van der Waals surface area contributed by atoms with Crippen molar-refractivity contribution in [3.05, 3.63) is 17.7 Å². The van der Waals surface area contributed by atoms with Crippen LogP contribution < -0.4 is 14.2 Å². The van der Waals surface area contributed by atoms with E-state index < -0.39 is 5.60 Å². The summed E-state index contributed by atoms with van der Waals surface area (Å²) in [6.45, 7) is 0.478. The lowest BCUT2D eigenvalue weighted by atomic mass is 9.69. The highest BCUT2D eigenvalue weighted by molar-refractivity contribution is 5.96. The van der Waals surface area contributed by atoms with Gasteiger partial charge in [0.05, 0.1) is 27.4 Å². The molecule has 1 spiro atoms. The monoisotopic (exact) mass is 390 g/mol. The van der Waals surface area contributed by atoms with Crippen LogP contribution in [0.3, 0.4) is 0 Å². The van der Waals surface area contributed by atoms with Gasteiger partial charge in [-0.15, -0.1) is 0 Å². The molecule has 152 valence electrons. The molecule has 1 atom stereocenters. The van der Waals surface area contributed by atoms with Crippen molar-refractivity contribution >= 4 is 12.0 Å². The van der Waals surface area contributed by atoms with Crippen LogP contribution in [0.4, 0.5) is 4.79 Å². The minimum absolute atomic E-state index is 0.107. The third-order valence-corrected chi connectivity index (χ3v) is 6.33. The van der Waals surface area contributed by atoms with Crippen LogP contribution in [0.1, 0.15) is 36.0 Å². The van der Waals surface area contributed by atoms with Crippen LogP contribution in [0.5, 0.6) is 17.2 Å². The summed E-state index contributed by atoms with van der Waals surface area (Å²) in [5, 5.41) is 0. The van der Waals surface area contributed by atoms with E-state index in [1.165, 1.54) is 21.3 Å². The Balaban J connectivity index is 1.72. The fourth-order valence-corrected chi connectivity index (χ4v) is 4.88. The molecule has 0 aromatic heterocycles. The second-order valence-electron chi connectivity index (χ2n) is 7.69. The molecule has 1 aromatic rings. The van der Waals surface area contributed by atoms with E-state index >= 15 is 0 Å². The number of benzene rings is 1. The number of hydrogen-bond donors (Lipinski definition) is 0. The topological polar surface area (TPSA) is 77.5 Å². The summed E-state index contributed by atoms with van der Waals surface area (Å²) in [5.74, 6) is 1.22. The lowest BCUT2D eigenvalue weighted by Crippen LogP contribution is -2.73. The molecule has 3 heterocycles. The first-order valence-corrected chi connectivity index (χ1v) is 9.51. The van der Waals surface area contributed by atoms with E-state index in [0.29, 0.717) is 29.4 Å². The molecule has 3 saturated heterocycles. The van der Waals surface area contributed by atoms with Crippen molar-refractivity contribution in [1.82, 2.24) is 9.80 Å². The maximum absolute atomic E-state index is 13.6. The number of rotatable bonds is 4. The molecule has 4 aliphatic rings. The van der Waals surface area contributed by atoms with E-state index in [0.717, 1.165) is 25.7 Å². The molecule has 1 saturated carbocycles. The van der Waals surface area contributed by atoms with Gasteiger partial charge in [-0.25, -0.2) is 4.79 Å². The molecule has 4 fully saturated rings. The van der Waals surface area contributed by atoms with Crippen LogP contribution in [0.25, 0.3) is 0 Å². The minimum Gasteiger partial charge on any atom is -0.493 e. The molecule has 1 aliphatic carbocycles. The van der Waals surface area contributed by atoms with Crippen molar-refractivity contribution < 1.29 is 28.5 Å². The van der Waals surface area contributed by atoms with Crippen LogP contribution in [-0.2, 0) is 4.74 Å². The van der Waals surface area contributed by atoms with Crippen LogP contribution in [0, 0.1) is 0 Å². The van der Waals surface area contributed by atoms with Crippen molar-refractivity contribution in [2.45, 2.75) is 43.4 Å². The summed E-state index contributed by atoms with van der Waals surface area (Å²) >= 11 is 0. The second-order valence-corrected chi connectivity index (χ2v) is 7.69. The molecular weight excluding hydrogens is 364 g/mol. The van der Waals surface area contributed by atoms with Gasteiger partial charge in [0, 0.05) is 25.2 Å². The lowest BCUT2D eigenvalue weighted by molar-refractivity contribution is -0.161. The van der Waals surface area contributed by atoms with Crippen molar-refractivity contribution in [3.63, 3.8) is 0 Å². The Kier molecular flexibility index (Phi) is 4.51. The number of amides is 2. The molecule has 1 aromatic carbocycles. The van der Waals surface area contributed by atoms with Gasteiger partial charge in [-0.05, 0) is 37.8 Å². The minimum atomic E-state index is -0.575. The molecule has 1 unspecified atom stereocenters. The fourth-order valence-electron chi connectivity index (χ4n) is 4.88. The van der Waals surface area contributed by atoms with E-state index in [1.54, 1.807) is 24.1 Å². The molecule has 28 heavy (non-hydrogen) atoms. The van der Waals surface area contributed by atoms with E-state index in [9.17, 15) is 9.59 Å². The molecule has 3 aliphatic heterocycles. The van der Waals surface area contributed by atoms with Crippen LogP contribution >= 0.6 is 0 Å². The summed E-state index contributed by atoms with van der Waals surface area (Å²) in [7, 11) is 6.29. The average molecular weight is 390 g/mol. The maximum Gasteiger partial charge on any atom is 0.410 e. The molecule has 8 nitrogen and oxygen atoms in total.